The number of guanidine groups is 1. The van der Waals surface area contributed by atoms with Crippen LogP contribution in [0.1, 0.15) is 33.1 Å². The molecular weight excluding hydrogens is 300 g/mol. The third-order valence-electron chi connectivity index (χ3n) is 3.22. The van der Waals surface area contributed by atoms with E-state index < -0.39 is 0 Å². The smallest absolute Gasteiger partial charge is 0.224 e. The predicted octanol–water partition coefficient (Wildman–Crippen LogP) is 3.02. The van der Waals surface area contributed by atoms with Crippen molar-refractivity contribution in [1.29, 1.82) is 0 Å². The van der Waals surface area contributed by atoms with Crippen molar-refractivity contribution in [2.45, 2.75) is 39.2 Å². The van der Waals surface area contributed by atoms with Crippen LogP contribution in [0.5, 0.6) is 0 Å². The zero-order valence-corrected chi connectivity index (χ0v) is 14.2. The third-order valence-corrected chi connectivity index (χ3v) is 3.47. The summed E-state index contributed by atoms with van der Waals surface area (Å²) in [6, 6.07) is 7.46. The largest absolute Gasteiger partial charge is 0.356 e. The van der Waals surface area contributed by atoms with E-state index in [0.29, 0.717) is 24.0 Å². The van der Waals surface area contributed by atoms with Gasteiger partial charge < -0.3 is 16.0 Å². The molecule has 0 radical (unpaired) electrons. The normalized spacial score (nSPS) is 12.6. The van der Waals surface area contributed by atoms with E-state index in [1.54, 1.807) is 31.3 Å². The van der Waals surface area contributed by atoms with E-state index >= 15 is 0 Å². The third kappa shape index (κ3) is 7.31. The van der Waals surface area contributed by atoms with Gasteiger partial charge in [-0.25, -0.2) is 0 Å². The fourth-order valence-corrected chi connectivity index (χ4v) is 1.87. The van der Waals surface area contributed by atoms with Crippen molar-refractivity contribution in [2.24, 2.45) is 4.99 Å². The number of benzene rings is 1. The average molecular weight is 325 g/mol. The predicted molar refractivity (Wildman–Crippen MR) is 93.6 cm³/mol. The van der Waals surface area contributed by atoms with E-state index in [-0.39, 0.29) is 5.91 Å². The fourth-order valence-electron chi connectivity index (χ4n) is 1.74. The molecule has 0 heterocycles. The van der Waals surface area contributed by atoms with Gasteiger partial charge in [-0.3, -0.25) is 9.79 Å². The van der Waals surface area contributed by atoms with Crippen LogP contribution < -0.4 is 16.0 Å². The Kier molecular flexibility index (Phi) is 8.36. The first kappa shape index (κ1) is 18.3. The molecule has 122 valence electrons. The van der Waals surface area contributed by atoms with Crippen LogP contribution in [0, 0.1) is 0 Å². The van der Waals surface area contributed by atoms with Gasteiger partial charge in [-0.1, -0.05) is 18.5 Å². The summed E-state index contributed by atoms with van der Waals surface area (Å²) in [7, 11) is 1.74. The van der Waals surface area contributed by atoms with Gasteiger partial charge in [0.05, 0.1) is 0 Å². The molecular formula is C16H25ClN4O. The molecule has 0 saturated carbocycles. The van der Waals surface area contributed by atoms with Crippen LogP contribution in [0.3, 0.4) is 0 Å². The Morgan fingerprint density at radius 1 is 1.32 bits per heavy atom. The van der Waals surface area contributed by atoms with E-state index in [4.69, 9.17) is 11.6 Å². The maximum absolute atomic E-state index is 11.8. The molecule has 6 heteroatoms. The second kappa shape index (κ2) is 10.1. The average Bonchev–Trinajstić information content (AvgIpc) is 2.52. The highest BCUT2D eigenvalue weighted by Gasteiger charge is 2.04. The second-order valence-electron chi connectivity index (χ2n) is 5.11. The minimum atomic E-state index is -0.00556. The lowest BCUT2D eigenvalue weighted by molar-refractivity contribution is -0.116. The van der Waals surface area contributed by atoms with Crippen LogP contribution in [0.25, 0.3) is 0 Å². The van der Waals surface area contributed by atoms with Crippen molar-refractivity contribution in [3.8, 4) is 0 Å². The summed E-state index contributed by atoms with van der Waals surface area (Å²) < 4.78 is 0. The lowest BCUT2D eigenvalue weighted by Gasteiger charge is -2.16. The Balaban J connectivity index is 2.23. The number of amides is 1. The van der Waals surface area contributed by atoms with Gasteiger partial charge in [0.2, 0.25) is 5.91 Å². The molecule has 0 aliphatic carbocycles. The SMILES string of the molecule is CCC(C)NC(=NC)NCCCC(=O)Nc1ccc(Cl)cc1. The van der Waals surface area contributed by atoms with E-state index in [9.17, 15) is 4.79 Å². The number of rotatable bonds is 7. The van der Waals surface area contributed by atoms with Crippen molar-refractivity contribution in [2.75, 3.05) is 18.9 Å². The number of nitrogens with one attached hydrogen (secondary N) is 3. The van der Waals surface area contributed by atoms with Crippen molar-refractivity contribution in [3.05, 3.63) is 29.3 Å². The molecule has 1 rings (SSSR count). The second-order valence-corrected chi connectivity index (χ2v) is 5.55. The van der Waals surface area contributed by atoms with Crippen LogP contribution in [0.2, 0.25) is 5.02 Å². The molecule has 0 fully saturated rings. The molecule has 0 aliphatic rings. The Bertz CT molecular complexity index is 487. The number of anilines is 1. The minimum absolute atomic E-state index is 0.00556. The van der Waals surface area contributed by atoms with Crippen molar-refractivity contribution in [1.82, 2.24) is 10.6 Å². The van der Waals surface area contributed by atoms with E-state index in [2.05, 4.69) is 34.8 Å². The number of carbonyl (C=O) groups excluding carboxylic acids is 1. The van der Waals surface area contributed by atoms with Gasteiger partial charge >= 0.3 is 0 Å². The molecule has 0 spiro atoms. The monoisotopic (exact) mass is 324 g/mol. The number of hydrogen-bond donors (Lipinski definition) is 3. The zero-order chi connectivity index (χ0) is 16.4. The number of nitrogens with zero attached hydrogens (tertiary/aromatic N) is 1. The molecule has 0 bridgehead atoms. The molecule has 1 amide bonds. The van der Waals surface area contributed by atoms with Crippen molar-refractivity contribution >= 4 is 29.2 Å². The quantitative estimate of drug-likeness (QED) is 0.410. The first-order chi connectivity index (χ1) is 10.5. The van der Waals surface area contributed by atoms with Crippen LogP contribution in [-0.2, 0) is 4.79 Å². The summed E-state index contributed by atoms with van der Waals surface area (Å²) in [6.07, 6.45) is 2.22. The van der Waals surface area contributed by atoms with Crippen molar-refractivity contribution in [3.63, 3.8) is 0 Å². The van der Waals surface area contributed by atoms with E-state index in [0.717, 1.165) is 24.5 Å². The summed E-state index contributed by atoms with van der Waals surface area (Å²) in [5.41, 5.74) is 0.761. The summed E-state index contributed by atoms with van der Waals surface area (Å²) in [5.74, 6) is 0.765. The van der Waals surface area contributed by atoms with Gasteiger partial charge in [-0.05, 0) is 44.0 Å². The molecule has 1 unspecified atom stereocenters. The Hall–Kier alpha value is -1.75. The standard InChI is InChI=1S/C16H25ClN4O/c1-4-12(2)20-16(18-3)19-11-5-6-15(22)21-14-9-7-13(17)8-10-14/h7-10,12H,4-6,11H2,1-3H3,(H,21,22)(H2,18,19,20). The van der Waals surface area contributed by atoms with Crippen LogP contribution in [0.15, 0.2) is 29.3 Å². The maximum Gasteiger partial charge on any atom is 0.224 e. The van der Waals surface area contributed by atoms with E-state index in [1.807, 2.05) is 0 Å². The molecule has 0 aromatic heterocycles. The molecule has 1 atom stereocenters. The Labute approximate surface area is 137 Å². The van der Waals surface area contributed by atoms with Gasteiger partial charge in [0, 0.05) is 36.8 Å². The number of halogens is 1. The molecule has 22 heavy (non-hydrogen) atoms. The molecule has 5 nitrogen and oxygen atoms in total. The first-order valence-electron chi connectivity index (χ1n) is 7.57. The highest BCUT2D eigenvalue weighted by Crippen LogP contribution is 2.13. The Morgan fingerprint density at radius 2 is 2.00 bits per heavy atom. The number of hydrogen-bond acceptors (Lipinski definition) is 2. The molecule has 1 aromatic carbocycles. The molecule has 0 aliphatic heterocycles. The lowest BCUT2D eigenvalue weighted by atomic mass is 10.2. The highest BCUT2D eigenvalue weighted by molar-refractivity contribution is 6.30. The topological polar surface area (TPSA) is 65.5 Å². The fraction of sp³-hybridized carbons (Fsp3) is 0.500. The summed E-state index contributed by atoms with van der Waals surface area (Å²) >= 11 is 5.80. The number of aliphatic imine (C=N–C) groups is 1. The molecule has 3 N–H and O–H groups in total. The van der Waals surface area contributed by atoms with Gasteiger partial charge in [-0.15, -0.1) is 0 Å². The van der Waals surface area contributed by atoms with Gasteiger partial charge in [0.15, 0.2) is 5.96 Å². The summed E-state index contributed by atoms with van der Waals surface area (Å²) in [5, 5.41) is 9.97. The maximum atomic E-state index is 11.8. The van der Waals surface area contributed by atoms with Crippen LogP contribution in [-0.4, -0.2) is 31.5 Å². The highest BCUT2D eigenvalue weighted by atomic mass is 35.5. The summed E-state index contributed by atoms with van der Waals surface area (Å²) in [6.45, 7) is 4.92. The first-order valence-corrected chi connectivity index (χ1v) is 7.95. The minimum Gasteiger partial charge on any atom is -0.356 e. The van der Waals surface area contributed by atoms with Crippen LogP contribution >= 0.6 is 11.6 Å². The number of carbonyl (C=O) groups is 1. The summed E-state index contributed by atoms with van der Waals surface area (Å²) in [4.78, 5) is 16.0. The molecule has 0 saturated heterocycles. The van der Waals surface area contributed by atoms with Gasteiger partial charge in [-0.2, -0.15) is 0 Å². The van der Waals surface area contributed by atoms with Gasteiger partial charge in [0.25, 0.3) is 0 Å². The van der Waals surface area contributed by atoms with Crippen molar-refractivity contribution < 1.29 is 4.79 Å². The molecule has 1 aromatic rings. The lowest BCUT2D eigenvalue weighted by Crippen LogP contribution is -2.42. The van der Waals surface area contributed by atoms with E-state index in [1.165, 1.54) is 0 Å². The van der Waals surface area contributed by atoms with Gasteiger partial charge in [0.1, 0.15) is 0 Å². The Morgan fingerprint density at radius 3 is 2.59 bits per heavy atom. The zero-order valence-electron chi connectivity index (χ0n) is 13.4. The van der Waals surface area contributed by atoms with Crippen LogP contribution in [0.4, 0.5) is 5.69 Å².